The molecule has 1 heterocycles. The van der Waals surface area contributed by atoms with Gasteiger partial charge in [-0.1, -0.05) is 6.07 Å². The molecule has 1 aliphatic heterocycles. The zero-order valence-corrected chi connectivity index (χ0v) is 11.7. The van der Waals surface area contributed by atoms with Crippen molar-refractivity contribution in [1.82, 2.24) is 10.6 Å². The van der Waals surface area contributed by atoms with Crippen molar-refractivity contribution in [3.05, 3.63) is 35.4 Å². The van der Waals surface area contributed by atoms with Gasteiger partial charge < -0.3 is 26.0 Å². The normalized spacial score (nSPS) is 27.9. The van der Waals surface area contributed by atoms with Gasteiger partial charge in [-0.2, -0.15) is 0 Å². The van der Waals surface area contributed by atoms with Gasteiger partial charge in [0.05, 0.1) is 37.3 Å². The first-order chi connectivity index (χ1) is 10.4. The van der Waals surface area contributed by atoms with Crippen LogP contribution in [0.2, 0.25) is 0 Å². The molecule has 1 aliphatic rings. The van der Waals surface area contributed by atoms with Crippen LogP contribution in [0.5, 0.6) is 0 Å². The smallest absolute Gasteiger partial charge is 0.224 e. The van der Waals surface area contributed by atoms with Crippen LogP contribution in [0.15, 0.2) is 18.2 Å². The van der Waals surface area contributed by atoms with E-state index in [9.17, 15) is 23.8 Å². The van der Waals surface area contributed by atoms with Crippen LogP contribution >= 0.6 is 0 Å². The number of aliphatic hydroxyl groups is 3. The van der Waals surface area contributed by atoms with E-state index >= 15 is 0 Å². The Morgan fingerprint density at radius 1 is 1.23 bits per heavy atom. The largest absolute Gasteiger partial charge is 0.395 e. The molecule has 1 aromatic carbocycles. The van der Waals surface area contributed by atoms with E-state index in [1.165, 1.54) is 6.07 Å². The van der Waals surface area contributed by atoms with Crippen molar-refractivity contribution in [3.8, 4) is 0 Å². The average molecular weight is 316 g/mol. The minimum Gasteiger partial charge on any atom is -0.395 e. The number of carbonyl (C=O) groups excluding carboxylic acids is 1. The zero-order valence-electron chi connectivity index (χ0n) is 11.7. The van der Waals surface area contributed by atoms with Crippen LogP contribution in [0.1, 0.15) is 5.56 Å². The van der Waals surface area contributed by atoms with Gasteiger partial charge >= 0.3 is 0 Å². The Bertz CT molecular complexity index is 544. The zero-order chi connectivity index (χ0) is 16.3. The van der Waals surface area contributed by atoms with E-state index < -0.39 is 41.8 Å². The van der Waals surface area contributed by atoms with E-state index in [-0.39, 0.29) is 25.1 Å². The first-order valence-corrected chi connectivity index (χ1v) is 6.86. The van der Waals surface area contributed by atoms with Crippen LogP contribution in [0.3, 0.4) is 0 Å². The summed E-state index contributed by atoms with van der Waals surface area (Å²) in [6.45, 7) is -0.333. The third-order valence-electron chi connectivity index (χ3n) is 3.68. The molecule has 1 saturated heterocycles. The molecule has 6 nitrogen and oxygen atoms in total. The lowest BCUT2D eigenvalue weighted by molar-refractivity contribution is -0.120. The molecule has 0 unspecified atom stereocenters. The number of benzene rings is 1. The molecule has 22 heavy (non-hydrogen) atoms. The van der Waals surface area contributed by atoms with E-state index in [4.69, 9.17) is 5.11 Å². The van der Waals surface area contributed by atoms with E-state index in [1.54, 1.807) is 0 Å². The molecule has 1 fully saturated rings. The maximum absolute atomic E-state index is 13.4. The van der Waals surface area contributed by atoms with Crippen LogP contribution in [0.4, 0.5) is 8.78 Å². The standard InChI is InChI=1S/C14H18F2N2O4/c15-8-2-1-7(9(16)4-8)3-12(20)17-5-10-13(21)14(22)11(6-19)18-10/h1-2,4,10-11,13-14,18-19,21-22H,3,5-6H2,(H,17,20)/t10-,11+,13+,14-/m0/s1. The van der Waals surface area contributed by atoms with E-state index in [2.05, 4.69) is 10.6 Å². The number of carbonyl (C=O) groups is 1. The Kier molecular flexibility index (Phi) is 5.41. The molecule has 0 spiro atoms. The van der Waals surface area contributed by atoms with Gasteiger partial charge in [0.15, 0.2) is 0 Å². The predicted molar refractivity (Wildman–Crippen MR) is 72.9 cm³/mol. The minimum absolute atomic E-state index is 0.0103. The molecule has 1 amide bonds. The van der Waals surface area contributed by atoms with Gasteiger partial charge in [-0.25, -0.2) is 8.78 Å². The summed E-state index contributed by atoms with van der Waals surface area (Å²) in [7, 11) is 0. The average Bonchev–Trinajstić information content (AvgIpc) is 2.75. The summed E-state index contributed by atoms with van der Waals surface area (Å²) in [5, 5.41) is 33.7. The summed E-state index contributed by atoms with van der Waals surface area (Å²) in [6, 6.07) is 1.68. The third-order valence-corrected chi connectivity index (χ3v) is 3.68. The van der Waals surface area contributed by atoms with Gasteiger partial charge in [-0.3, -0.25) is 4.79 Å². The monoisotopic (exact) mass is 316 g/mol. The summed E-state index contributed by atoms with van der Waals surface area (Å²) in [4.78, 5) is 11.8. The highest BCUT2D eigenvalue weighted by molar-refractivity contribution is 5.78. The first-order valence-electron chi connectivity index (χ1n) is 6.86. The Morgan fingerprint density at radius 3 is 2.50 bits per heavy atom. The summed E-state index contributed by atoms with van der Waals surface area (Å²) >= 11 is 0. The van der Waals surface area contributed by atoms with E-state index in [0.29, 0.717) is 6.07 Å². The molecule has 0 aromatic heterocycles. The van der Waals surface area contributed by atoms with Crippen LogP contribution < -0.4 is 10.6 Å². The summed E-state index contributed by atoms with van der Waals surface area (Å²) < 4.78 is 26.2. The number of hydrogen-bond acceptors (Lipinski definition) is 5. The Labute approximate surface area is 125 Å². The van der Waals surface area contributed by atoms with Gasteiger partial charge in [-0.05, 0) is 11.6 Å². The van der Waals surface area contributed by atoms with Crippen LogP contribution in [-0.4, -0.2) is 58.7 Å². The van der Waals surface area contributed by atoms with Crippen LogP contribution in [-0.2, 0) is 11.2 Å². The van der Waals surface area contributed by atoms with Crippen molar-refractivity contribution in [2.24, 2.45) is 0 Å². The quantitative estimate of drug-likeness (QED) is 0.464. The van der Waals surface area contributed by atoms with Crippen molar-refractivity contribution in [1.29, 1.82) is 0 Å². The summed E-state index contributed by atoms with van der Waals surface area (Å²) in [6.07, 6.45) is -2.51. The number of nitrogens with one attached hydrogen (secondary N) is 2. The molecule has 2 rings (SSSR count). The van der Waals surface area contributed by atoms with Gasteiger partial charge in [0.1, 0.15) is 11.6 Å². The van der Waals surface area contributed by atoms with E-state index in [0.717, 1.165) is 6.07 Å². The maximum Gasteiger partial charge on any atom is 0.224 e. The molecule has 4 atom stereocenters. The second-order valence-corrected chi connectivity index (χ2v) is 5.26. The number of rotatable bonds is 5. The fourth-order valence-corrected chi connectivity index (χ4v) is 2.41. The van der Waals surface area contributed by atoms with Crippen molar-refractivity contribution >= 4 is 5.91 Å². The van der Waals surface area contributed by atoms with Crippen LogP contribution in [0, 0.1) is 11.6 Å². The Balaban J connectivity index is 1.85. The lowest BCUT2D eigenvalue weighted by atomic mass is 10.1. The Hall–Kier alpha value is -1.61. The van der Waals surface area contributed by atoms with Gasteiger partial charge in [0.25, 0.3) is 0 Å². The lowest BCUT2D eigenvalue weighted by Crippen LogP contribution is -2.44. The highest BCUT2D eigenvalue weighted by Crippen LogP contribution is 2.14. The first kappa shape index (κ1) is 16.8. The second-order valence-electron chi connectivity index (χ2n) is 5.26. The Morgan fingerprint density at radius 2 is 1.91 bits per heavy atom. The minimum atomic E-state index is -1.12. The molecule has 5 N–H and O–H groups in total. The maximum atomic E-state index is 13.4. The number of amides is 1. The highest BCUT2D eigenvalue weighted by atomic mass is 19.1. The van der Waals surface area contributed by atoms with Crippen LogP contribution in [0.25, 0.3) is 0 Å². The molecule has 1 aromatic rings. The number of halogens is 2. The highest BCUT2D eigenvalue weighted by Gasteiger charge is 2.40. The molecule has 0 aliphatic carbocycles. The third kappa shape index (κ3) is 3.77. The summed E-state index contributed by atoms with van der Waals surface area (Å²) in [5.41, 5.74) is 0.0621. The van der Waals surface area contributed by atoms with Gasteiger partial charge in [0, 0.05) is 12.6 Å². The van der Waals surface area contributed by atoms with Gasteiger partial charge in [-0.15, -0.1) is 0 Å². The number of aliphatic hydroxyl groups excluding tert-OH is 3. The molecule has 0 radical (unpaired) electrons. The van der Waals surface area contributed by atoms with Gasteiger partial charge in [0.2, 0.25) is 5.91 Å². The van der Waals surface area contributed by atoms with E-state index in [1.807, 2.05) is 0 Å². The predicted octanol–water partition coefficient (Wildman–Crippen LogP) is -1.32. The molecule has 8 heteroatoms. The topological polar surface area (TPSA) is 102 Å². The fraction of sp³-hybridized carbons (Fsp3) is 0.500. The van der Waals surface area contributed by atoms with Crippen molar-refractivity contribution in [2.75, 3.05) is 13.2 Å². The molecular formula is C14H18F2N2O4. The molecule has 0 bridgehead atoms. The summed E-state index contributed by atoms with van der Waals surface area (Å²) in [5.74, 6) is -2.02. The van der Waals surface area contributed by atoms with Crippen molar-refractivity contribution < 1.29 is 28.9 Å². The second kappa shape index (κ2) is 7.10. The lowest BCUT2D eigenvalue weighted by Gasteiger charge is -2.16. The molecule has 122 valence electrons. The molecule has 0 saturated carbocycles. The molecular weight excluding hydrogens is 298 g/mol. The van der Waals surface area contributed by atoms with Crippen molar-refractivity contribution in [3.63, 3.8) is 0 Å². The SMILES string of the molecule is O=C(Cc1ccc(F)cc1F)NC[C@@H]1N[C@H](CO)[C@H](O)[C@@H]1O. The number of hydrogen-bond donors (Lipinski definition) is 5. The van der Waals surface area contributed by atoms with Crippen molar-refractivity contribution in [2.45, 2.75) is 30.7 Å². The fourth-order valence-electron chi connectivity index (χ4n) is 2.41.